The first-order valence-electron chi connectivity index (χ1n) is 9.82. The van der Waals surface area contributed by atoms with E-state index in [0.717, 1.165) is 4.31 Å². The summed E-state index contributed by atoms with van der Waals surface area (Å²) >= 11 is 12.2. The van der Waals surface area contributed by atoms with E-state index in [4.69, 9.17) is 32.7 Å². The highest BCUT2D eigenvalue weighted by molar-refractivity contribution is 7.92. The number of anilines is 1. The van der Waals surface area contributed by atoms with Crippen LogP contribution in [0.3, 0.4) is 0 Å². The number of methoxy groups -OCH3 is 2. The zero-order valence-electron chi connectivity index (χ0n) is 18.2. The van der Waals surface area contributed by atoms with Gasteiger partial charge in [-0.3, -0.25) is 9.10 Å². The molecule has 0 aliphatic rings. The number of benzene rings is 3. The van der Waals surface area contributed by atoms with Gasteiger partial charge in [0.2, 0.25) is 0 Å². The van der Waals surface area contributed by atoms with Gasteiger partial charge in [0, 0.05) is 15.6 Å². The van der Waals surface area contributed by atoms with Crippen LogP contribution in [0.25, 0.3) is 0 Å². The molecule has 0 atom stereocenters. The summed E-state index contributed by atoms with van der Waals surface area (Å²) < 4.78 is 38.0. The zero-order valence-corrected chi connectivity index (χ0v) is 20.6. The van der Waals surface area contributed by atoms with E-state index < -0.39 is 22.5 Å². The Morgan fingerprint density at radius 2 is 1.68 bits per heavy atom. The van der Waals surface area contributed by atoms with Gasteiger partial charge in [-0.2, -0.15) is 5.10 Å². The molecule has 0 saturated heterocycles. The summed E-state index contributed by atoms with van der Waals surface area (Å²) in [7, 11) is -1.09. The fraction of sp³-hybridized carbons (Fsp3) is 0.130. The summed E-state index contributed by atoms with van der Waals surface area (Å²) in [5.41, 5.74) is 3.02. The van der Waals surface area contributed by atoms with Crippen molar-refractivity contribution in [1.29, 1.82) is 0 Å². The Bertz CT molecular complexity index is 1280. The minimum Gasteiger partial charge on any atom is -0.497 e. The van der Waals surface area contributed by atoms with Crippen LogP contribution in [0.1, 0.15) is 5.56 Å². The van der Waals surface area contributed by atoms with Gasteiger partial charge in [-0.25, -0.2) is 13.8 Å². The first-order valence-corrected chi connectivity index (χ1v) is 12.0. The van der Waals surface area contributed by atoms with E-state index in [-0.39, 0.29) is 20.6 Å². The van der Waals surface area contributed by atoms with Gasteiger partial charge in [-0.15, -0.1) is 0 Å². The van der Waals surface area contributed by atoms with Gasteiger partial charge in [0.25, 0.3) is 15.9 Å². The average Bonchev–Trinajstić information content (AvgIpc) is 2.82. The number of ether oxygens (including phenoxy) is 2. The molecular weight excluding hydrogens is 501 g/mol. The van der Waals surface area contributed by atoms with Gasteiger partial charge < -0.3 is 9.47 Å². The van der Waals surface area contributed by atoms with Gasteiger partial charge in [0.1, 0.15) is 18.0 Å². The van der Waals surface area contributed by atoms with Crippen LogP contribution in [0.15, 0.2) is 76.7 Å². The molecule has 0 aromatic heterocycles. The van der Waals surface area contributed by atoms with Crippen LogP contribution in [0.2, 0.25) is 10.0 Å². The van der Waals surface area contributed by atoms with Crippen LogP contribution in [-0.2, 0) is 14.8 Å². The van der Waals surface area contributed by atoms with Crippen molar-refractivity contribution in [3.63, 3.8) is 0 Å². The van der Waals surface area contributed by atoms with Crippen molar-refractivity contribution in [2.24, 2.45) is 5.10 Å². The van der Waals surface area contributed by atoms with Crippen molar-refractivity contribution in [3.05, 3.63) is 82.3 Å². The number of nitrogens with zero attached hydrogens (tertiary/aromatic N) is 2. The number of carbonyl (C=O) groups excluding carboxylic acids is 1. The number of carbonyl (C=O) groups is 1. The molecule has 0 fully saturated rings. The van der Waals surface area contributed by atoms with Gasteiger partial charge >= 0.3 is 0 Å². The highest BCUT2D eigenvalue weighted by Gasteiger charge is 2.27. The fourth-order valence-corrected chi connectivity index (χ4v) is 4.94. The highest BCUT2D eigenvalue weighted by Crippen LogP contribution is 2.29. The third kappa shape index (κ3) is 6.19. The molecule has 0 spiro atoms. The Labute approximate surface area is 207 Å². The monoisotopic (exact) mass is 521 g/mol. The highest BCUT2D eigenvalue weighted by atomic mass is 35.5. The van der Waals surface area contributed by atoms with Crippen LogP contribution in [0.5, 0.6) is 11.5 Å². The second kappa shape index (κ2) is 11.2. The minimum atomic E-state index is -4.11. The van der Waals surface area contributed by atoms with Crippen molar-refractivity contribution >= 4 is 51.0 Å². The molecule has 0 aliphatic heterocycles. The third-order valence-corrected chi connectivity index (χ3v) is 6.81. The Balaban J connectivity index is 1.87. The maximum Gasteiger partial charge on any atom is 0.264 e. The number of nitrogens with one attached hydrogen (secondary N) is 1. The SMILES string of the molecule is COc1ccc(OC)c(/C=N\NC(=O)CN(c2cc(Cl)cc(Cl)c2)S(=O)(=O)c2ccccc2)c1. The quantitative estimate of drug-likeness (QED) is 0.333. The predicted octanol–water partition coefficient (Wildman–Crippen LogP) is 4.36. The molecule has 3 rings (SSSR count). The number of hydrazone groups is 1. The average molecular weight is 522 g/mol. The molecule has 0 bridgehead atoms. The molecule has 0 unspecified atom stereocenters. The molecule has 3 aromatic carbocycles. The predicted molar refractivity (Wildman–Crippen MR) is 133 cm³/mol. The summed E-state index contributed by atoms with van der Waals surface area (Å²) in [6, 6.07) is 17.1. The van der Waals surface area contributed by atoms with Crippen LogP contribution < -0.4 is 19.2 Å². The number of rotatable bonds is 9. The molecular formula is C23H21Cl2N3O5S. The fourth-order valence-electron chi connectivity index (χ4n) is 3.00. The Kier molecular flexibility index (Phi) is 8.38. The second-order valence-electron chi connectivity index (χ2n) is 6.85. The van der Waals surface area contributed by atoms with Crippen LogP contribution in [-0.4, -0.2) is 41.3 Å². The molecule has 1 N–H and O–H groups in total. The Morgan fingerprint density at radius 3 is 2.29 bits per heavy atom. The van der Waals surface area contributed by atoms with Crippen molar-refractivity contribution < 1.29 is 22.7 Å². The first-order chi connectivity index (χ1) is 16.2. The summed E-state index contributed by atoms with van der Waals surface area (Å²) in [5.74, 6) is 0.404. The van der Waals surface area contributed by atoms with E-state index in [9.17, 15) is 13.2 Å². The van der Waals surface area contributed by atoms with E-state index in [1.807, 2.05) is 0 Å². The zero-order chi connectivity index (χ0) is 24.7. The Morgan fingerprint density at radius 1 is 1.00 bits per heavy atom. The van der Waals surface area contributed by atoms with Crippen LogP contribution >= 0.6 is 23.2 Å². The number of sulfonamides is 1. The van der Waals surface area contributed by atoms with Crippen molar-refractivity contribution in [2.45, 2.75) is 4.90 Å². The Hall–Kier alpha value is -3.27. The normalized spacial score (nSPS) is 11.3. The molecule has 0 heterocycles. The van der Waals surface area contributed by atoms with E-state index in [1.54, 1.807) is 36.4 Å². The molecule has 178 valence electrons. The molecule has 1 amide bonds. The minimum absolute atomic E-state index is 0.00326. The topological polar surface area (TPSA) is 97.3 Å². The summed E-state index contributed by atoms with van der Waals surface area (Å²) in [5, 5.41) is 4.37. The molecule has 0 aliphatic carbocycles. The first kappa shape index (κ1) is 25.4. The largest absolute Gasteiger partial charge is 0.497 e. The van der Waals surface area contributed by atoms with Gasteiger partial charge in [-0.05, 0) is 48.5 Å². The van der Waals surface area contributed by atoms with E-state index in [1.165, 1.54) is 50.8 Å². The third-order valence-electron chi connectivity index (χ3n) is 4.58. The van der Waals surface area contributed by atoms with Crippen LogP contribution in [0.4, 0.5) is 5.69 Å². The summed E-state index contributed by atoms with van der Waals surface area (Å²) in [6.45, 7) is -0.569. The standard InChI is InChI=1S/C23H21Cl2N3O5S/c1-32-20-8-9-22(33-2)16(10-20)14-26-27-23(29)15-28(19-12-17(24)11-18(25)13-19)34(30,31)21-6-4-3-5-7-21/h3-14H,15H2,1-2H3,(H,27,29)/b26-14-. The maximum absolute atomic E-state index is 13.3. The molecule has 34 heavy (non-hydrogen) atoms. The number of amides is 1. The lowest BCUT2D eigenvalue weighted by Gasteiger charge is -2.24. The molecule has 11 heteroatoms. The lowest BCUT2D eigenvalue weighted by atomic mass is 10.2. The second-order valence-corrected chi connectivity index (χ2v) is 9.59. The number of hydrogen-bond donors (Lipinski definition) is 1. The molecule has 0 radical (unpaired) electrons. The molecule has 3 aromatic rings. The molecule has 0 saturated carbocycles. The van der Waals surface area contributed by atoms with Gasteiger partial charge in [0.05, 0.1) is 31.0 Å². The van der Waals surface area contributed by atoms with E-state index in [2.05, 4.69) is 10.5 Å². The van der Waals surface area contributed by atoms with Crippen molar-refractivity contribution in [3.8, 4) is 11.5 Å². The van der Waals surface area contributed by atoms with Gasteiger partial charge in [-0.1, -0.05) is 41.4 Å². The maximum atomic E-state index is 13.3. The summed E-state index contributed by atoms with van der Waals surface area (Å²) in [6.07, 6.45) is 1.37. The van der Waals surface area contributed by atoms with Crippen molar-refractivity contribution in [2.75, 3.05) is 25.1 Å². The van der Waals surface area contributed by atoms with Crippen molar-refractivity contribution in [1.82, 2.24) is 5.43 Å². The number of halogens is 2. The molecule has 8 nitrogen and oxygen atoms in total. The van der Waals surface area contributed by atoms with Gasteiger partial charge in [0.15, 0.2) is 0 Å². The number of hydrogen-bond acceptors (Lipinski definition) is 6. The lowest BCUT2D eigenvalue weighted by Crippen LogP contribution is -2.39. The van der Waals surface area contributed by atoms with E-state index in [0.29, 0.717) is 17.1 Å². The van der Waals surface area contributed by atoms with Crippen LogP contribution in [0, 0.1) is 0 Å². The lowest BCUT2D eigenvalue weighted by molar-refractivity contribution is -0.119. The smallest absolute Gasteiger partial charge is 0.264 e. The van der Waals surface area contributed by atoms with E-state index >= 15 is 0 Å². The summed E-state index contributed by atoms with van der Waals surface area (Å²) in [4.78, 5) is 12.7.